The number of amides is 1. The molecular formula is C22H29ClFN7O2. The van der Waals surface area contributed by atoms with Crippen LogP contribution in [0.15, 0.2) is 24.5 Å². The molecule has 0 aliphatic rings. The zero-order chi connectivity index (χ0) is 24.2. The van der Waals surface area contributed by atoms with Crippen LogP contribution in [-0.4, -0.2) is 46.3 Å². The fourth-order valence-electron chi connectivity index (χ4n) is 3.23. The molecule has 0 saturated heterocycles. The van der Waals surface area contributed by atoms with E-state index in [1.54, 1.807) is 29.4 Å². The minimum Gasteiger partial charge on any atom is -0.450 e. The number of aryl methyl sites for hydroxylation is 1. The second-order valence-corrected chi connectivity index (χ2v) is 8.80. The van der Waals surface area contributed by atoms with Crippen LogP contribution in [-0.2, 0) is 23.5 Å². The fraction of sp³-hybridized carbons (Fsp3) is 0.455. The first-order valence-electron chi connectivity index (χ1n) is 10.6. The van der Waals surface area contributed by atoms with Crippen LogP contribution in [0.2, 0.25) is 5.02 Å². The van der Waals surface area contributed by atoms with Crippen molar-refractivity contribution in [1.82, 2.24) is 24.8 Å². The van der Waals surface area contributed by atoms with Crippen LogP contribution in [0, 0.1) is 0 Å². The van der Waals surface area contributed by atoms with Crippen molar-refractivity contribution in [1.29, 1.82) is 0 Å². The van der Waals surface area contributed by atoms with E-state index in [0.717, 1.165) is 12.0 Å². The largest absolute Gasteiger partial charge is 0.450 e. The fourth-order valence-corrected chi connectivity index (χ4v) is 3.57. The highest BCUT2D eigenvalue weighted by molar-refractivity contribution is 6.31. The maximum absolute atomic E-state index is 14.2. The number of rotatable bonds is 9. The highest BCUT2D eigenvalue weighted by Crippen LogP contribution is 2.31. The molecule has 0 aliphatic heterocycles. The van der Waals surface area contributed by atoms with Crippen molar-refractivity contribution >= 4 is 40.6 Å². The molecule has 0 aliphatic carbocycles. The second kappa shape index (κ2) is 10.2. The lowest BCUT2D eigenvalue weighted by Gasteiger charge is -2.17. The summed E-state index contributed by atoms with van der Waals surface area (Å²) in [5.74, 6) is 0.856. The van der Waals surface area contributed by atoms with Gasteiger partial charge < -0.3 is 25.3 Å². The summed E-state index contributed by atoms with van der Waals surface area (Å²) in [6.45, 7) is 4.01. The molecule has 1 amide bonds. The molecule has 3 aromatic rings. The minimum absolute atomic E-state index is 0.218. The van der Waals surface area contributed by atoms with Crippen LogP contribution in [0.1, 0.15) is 37.8 Å². The maximum atomic E-state index is 14.2. The van der Waals surface area contributed by atoms with E-state index >= 15 is 0 Å². The number of anilines is 2. The van der Waals surface area contributed by atoms with Gasteiger partial charge in [-0.05, 0) is 44.4 Å². The monoisotopic (exact) mass is 477 g/mol. The normalized spacial score (nSPS) is 11.6. The Hall–Kier alpha value is -3.14. The van der Waals surface area contributed by atoms with E-state index in [0.29, 0.717) is 46.5 Å². The molecule has 0 fully saturated rings. The molecule has 3 rings (SSSR count). The highest BCUT2D eigenvalue weighted by atomic mass is 35.5. The van der Waals surface area contributed by atoms with E-state index in [9.17, 15) is 9.18 Å². The number of nitrogens with zero attached hydrogens (tertiary/aromatic N) is 5. The summed E-state index contributed by atoms with van der Waals surface area (Å²) in [6.07, 6.45) is 2.57. The van der Waals surface area contributed by atoms with E-state index in [-0.39, 0.29) is 13.2 Å². The first kappa shape index (κ1) is 24.5. The van der Waals surface area contributed by atoms with Gasteiger partial charge in [-0.3, -0.25) is 0 Å². The van der Waals surface area contributed by atoms with Crippen LogP contribution < -0.4 is 16.0 Å². The molecule has 0 atom stereocenters. The number of unbranched alkanes of at least 4 members (excludes halogenated alkanes) is 1. The van der Waals surface area contributed by atoms with Crippen LogP contribution in [0.4, 0.5) is 21.0 Å². The summed E-state index contributed by atoms with van der Waals surface area (Å²) >= 11 is 6.07. The van der Waals surface area contributed by atoms with Gasteiger partial charge >= 0.3 is 6.09 Å². The molecule has 9 nitrogen and oxygen atoms in total. The molecular weight excluding hydrogens is 449 g/mol. The highest BCUT2D eigenvalue weighted by Gasteiger charge is 2.22. The number of alkyl halides is 1. The number of alkyl carbamates (subject to hydrolysis) is 1. The van der Waals surface area contributed by atoms with Crippen molar-refractivity contribution in [2.24, 2.45) is 0 Å². The van der Waals surface area contributed by atoms with Gasteiger partial charge in [0.2, 0.25) is 5.95 Å². The molecule has 33 heavy (non-hydrogen) atoms. The Kier molecular flexibility index (Phi) is 7.57. The van der Waals surface area contributed by atoms with E-state index in [1.165, 1.54) is 13.8 Å². The lowest BCUT2D eigenvalue weighted by atomic mass is 9.98. The number of hydrogen-bond acceptors (Lipinski definition) is 7. The van der Waals surface area contributed by atoms with Crippen molar-refractivity contribution in [2.75, 3.05) is 31.3 Å². The number of benzene rings is 1. The Morgan fingerprint density at radius 1 is 1.30 bits per heavy atom. The summed E-state index contributed by atoms with van der Waals surface area (Å²) in [6, 6.07) is 5.02. The summed E-state index contributed by atoms with van der Waals surface area (Å²) in [5, 5.41) is 3.02. The number of nitrogens with two attached hydrogens (primary N) is 1. The molecule has 0 unspecified atom stereocenters. The molecule has 0 saturated carbocycles. The Labute approximate surface area is 197 Å². The van der Waals surface area contributed by atoms with Crippen molar-refractivity contribution in [2.45, 2.75) is 45.4 Å². The number of ether oxygens (including phenoxy) is 1. The topological polar surface area (TPSA) is 111 Å². The average molecular weight is 478 g/mol. The Morgan fingerprint density at radius 3 is 2.76 bits per heavy atom. The number of hydrogen-bond donors (Lipinski definition) is 2. The Bertz CT molecular complexity index is 1130. The number of aromatic nitrogens is 4. The average Bonchev–Trinajstić information content (AvgIpc) is 3.15. The summed E-state index contributed by atoms with van der Waals surface area (Å²) in [4.78, 5) is 26.8. The summed E-state index contributed by atoms with van der Waals surface area (Å²) in [5.41, 5.74) is 6.77. The molecule has 178 valence electrons. The summed E-state index contributed by atoms with van der Waals surface area (Å²) < 4.78 is 21.4. The number of imidazole rings is 1. The molecule has 3 N–H and O–H groups in total. The minimum atomic E-state index is -1.57. The quantitative estimate of drug-likeness (QED) is 0.447. The van der Waals surface area contributed by atoms with Crippen molar-refractivity contribution < 1.29 is 13.9 Å². The van der Waals surface area contributed by atoms with Gasteiger partial charge in [0.1, 0.15) is 11.2 Å². The van der Waals surface area contributed by atoms with Gasteiger partial charge in [0.15, 0.2) is 11.5 Å². The molecule has 1 aromatic carbocycles. The van der Waals surface area contributed by atoms with E-state index in [4.69, 9.17) is 22.1 Å². The van der Waals surface area contributed by atoms with E-state index in [2.05, 4.69) is 20.3 Å². The first-order valence-corrected chi connectivity index (χ1v) is 11.0. The predicted molar refractivity (Wildman–Crippen MR) is 127 cm³/mol. The van der Waals surface area contributed by atoms with Crippen LogP contribution >= 0.6 is 11.6 Å². The van der Waals surface area contributed by atoms with Crippen molar-refractivity contribution in [3.8, 4) is 0 Å². The third-order valence-corrected chi connectivity index (χ3v) is 5.34. The zero-order valence-electron chi connectivity index (χ0n) is 19.2. The molecule has 0 radical (unpaired) electrons. The Morgan fingerprint density at radius 2 is 2.06 bits per heavy atom. The smallest absolute Gasteiger partial charge is 0.407 e. The molecule has 0 spiro atoms. The standard InChI is InChI=1S/C22H29ClFN7O2/c1-22(2,24)15-11-14(7-8-16(15)23)12-26-21(32)33-10-6-5-9-31-13-27-17-18(25)28-20(30(3)4)29-19(17)31/h7-8,11,13H,5-6,9-10,12H2,1-4H3,(H,26,32)(H2,25,28,29). The van der Waals surface area contributed by atoms with Gasteiger partial charge in [-0.1, -0.05) is 17.7 Å². The van der Waals surface area contributed by atoms with Gasteiger partial charge in [-0.2, -0.15) is 9.97 Å². The maximum Gasteiger partial charge on any atom is 0.407 e. The van der Waals surface area contributed by atoms with Gasteiger partial charge in [-0.15, -0.1) is 0 Å². The third kappa shape index (κ3) is 6.22. The summed E-state index contributed by atoms with van der Waals surface area (Å²) in [7, 11) is 3.69. The lowest BCUT2D eigenvalue weighted by Crippen LogP contribution is -2.24. The number of nitrogen functional groups attached to an aromatic ring is 1. The van der Waals surface area contributed by atoms with Gasteiger partial charge in [0, 0.05) is 37.8 Å². The lowest BCUT2D eigenvalue weighted by molar-refractivity contribution is 0.143. The SMILES string of the molecule is CN(C)c1nc(N)c2ncn(CCCCOC(=O)NCc3ccc(Cl)c(C(C)(C)F)c3)c2n1. The number of halogens is 2. The van der Waals surface area contributed by atoms with Crippen LogP contribution in [0.5, 0.6) is 0 Å². The van der Waals surface area contributed by atoms with Crippen molar-refractivity contribution in [3.63, 3.8) is 0 Å². The number of fused-ring (bicyclic) bond motifs is 1. The van der Waals surface area contributed by atoms with Gasteiger partial charge in [-0.25, -0.2) is 14.2 Å². The molecule has 11 heteroatoms. The second-order valence-electron chi connectivity index (χ2n) is 8.40. The van der Waals surface area contributed by atoms with Crippen LogP contribution in [0.3, 0.4) is 0 Å². The predicted octanol–water partition coefficient (Wildman–Crippen LogP) is 4.04. The Balaban J connectivity index is 1.44. The number of nitrogens with one attached hydrogen (secondary N) is 1. The number of carbonyl (C=O) groups is 1. The first-order chi connectivity index (χ1) is 15.6. The third-order valence-electron chi connectivity index (χ3n) is 5.01. The van der Waals surface area contributed by atoms with E-state index in [1.807, 2.05) is 18.7 Å². The molecule has 0 bridgehead atoms. The van der Waals surface area contributed by atoms with Gasteiger partial charge in [0.05, 0.1) is 12.9 Å². The van der Waals surface area contributed by atoms with Gasteiger partial charge in [0.25, 0.3) is 0 Å². The zero-order valence-corrected chi connectivity index (χ0v) is 20.0. The molecule has 2 aromatic heterocycles. The van der Waals surface area contributed by atoms with Crippen LogP contribution in [0.25, 0.3) is 11.2 Å². The number of carbonyl (C=O) groups excluding carboxylic acids is 1. The van der Waals surface area contributed by atoms with Crippen molar-refractivity contribution in [3.05, 3.63) is 40.7 Å². The molecule has 2 heterocycles. The van der Waals surface area contributed by atoms with E-state index < -0.39 is 11.8 Å².